The summed E-state index contributed by atoms with van der Waals surface area (Å²) in [4.78, 5) is 21.3. The van der Waals surface area contributed by atoms with Crippen LogP contribution in [0.3, 0.4) is 0 Å². The number of fused-ring (bicyclic) bond motifs is 4. The maximum atomic E-state index is 12.6. The molecule has 0 atom stereocenters. The summed E-state index contributed by atoms with van der Waals surface area (Å²) in [5.74, 6) is 0. The van der Waals surface area contributed by atoms with Gasteiger partial charge in [-0.05, 0) is 31.8 Å². The molecule has 0 aliphatic carbocycles. The maximum Gasteiger partial charge on any atom is 0.344 e. The largest absolute Gasteiger partial charge is 0.402 e. The molecule has 2 amide bonds. The minimum Gasteiger partial charge on any atom is -0.402 e. The molecule has 4 fully saturated rings. The number of nitrogens with two attached hydrogens (primary N) is 1. The van der Waals surface area contributed by atoms with Crippen LogP contribution in [0.15, 0.2) is 16.3 Å². The summed E-state index contributed by atoms with van der Waals surface area (Å²) >= 11 is 0. The van der Waals surface area contributed by atoms with Crippen molar-refractivity contribution in [3.63, 3.8) is 0 Å². The van der Waals surface area contributed by atoms with Crippen molar-refractivity contribution in [2.24, 2.45) is 10.7 Å². The topological polar surface area (TPSA) is 71.2 Å². The van der Waals surface area contributed by atoms with E-state index in [0.29, 0.717) is 25.0 Å². The number of carbonyl (C=O) groups excluding carboxylic acids is 1. The van der Waals surface area contributed by atoms with Gasteiger partial charge in [0, 0.05) is 37.9 Å². The predicted octanol–water partition coefficient (Wildman–Crippen LogP) is 2.01. The third kappa shape index (κ3) is 4.32. The van der Waals surface area contributed by atoms with Crippen LogP contribution in [0.5, 0.6) is 0 Å². The molecule has 130 valence electrons. The third-order valence-electron chi connectivity index (χ3n) is 4.69. The van der Waals surface area contributed by atoms with E-state index in [0.717, 1.165) is 56.7 Å². The van der Waals surface area contributed by atoms with Crippen LogP contribution >= 0.6 is 0 Å². The molecule has 0 aromatic heterocycles. The lowest BCUT2D eigenvalue weighted by Crippen LogP contribution is -2.41. The van der Waals surface area contributed by atoms with Crippen molar-refractivity contribution >= 4 is 11.7 Å². The average molecular weight is 322 g/mol. The second-order valence-electron chi connectivity index (χ2n) is 6.07. The Morgan fingerprint density at radius 2 is 1.91 bits per heavy atom. The van der Waals surface area contributed by atoms with Gasteiger partial charge in [0.15, 0.2) is 0 Å². The summed E-state index contributed by atoms with van der Waals surface area (Å²) in [6.45, 7) is 10.8. The van der Waals surface area contributed by atoms with Gasteiger partial charge in [-0.2, -0.15) is 4.99 Å². The minimum atomic E-state index is -0.122. The number of ether oxygens (including phenoxy) is 1. The molecule has 2 N–H and O–H groups in total. The van der Waals surface area contributed by atoms with Gasteiger partial charge in [-0.15, -0.1) is 0 Å². The van der Waals surface area contributed by atoms with E-state index in [-0.39, 0.29) is 6.03 Å². The van der Waals surface area contributed by atoms with E-state index >= 15 is 0 Å². The second-order valence-corrected chi connectivity index (χ2v) is 6.07. The summed E-state index contributed by atoms with van der Waals surface area (Å²) in [6.07, 6.45) is 2.86. The van der Waals surface area contributed by atoms with E-state index in [2.05, 4.69) is 9.89 Å². The Hall–Kier alpha value is -1.40. The predicted molar refractivity (Wildman–Crippen MR) is 92.7 cm³/mol. The van der Waals surface area contributed by atoms with Gasteiger partial charge in [0.1, 0.15) is 0 Å². The summed E-state index contributed by atoms with van der Waals surface area (Å²) in [7, 11) is 0. The van der Waals surface area contributed by atoms with E-state index in [1.54, 1.807) is 0 Å². The van der Waals surface area contributed by atoms with Gasteiger partial charge in [0.2, 0.25) is 0 Å². The first-order valence-electron chi connectivity index (χ1n) is 8.79. The monoisotopic (exact) mass is 322 g/mol. The molecule has 0 saturated carbocycles. The van der Waals surface area contributed by atoms with Gasteiger partial charge in [-0.3, -0.25) is 0 Å². The highest BCUT2D eigenvalue weighted by Gasteiger charge is 2.32. The van der Waals surface area contributed by atoms with E-state index in [1.807, 2.05) is 25.7 Å². The molecule has 23 heavy (non-hydrogen) atoms. The van der Waals surface area contributed by atoms with Crippen LogP contribution in [0.1, 0.15) is 40.0 Å². The number of nitrogens with zero attached hydrogens (tertiary/aromatic N) is 3. The van der Waals surface area contributed by atoms with Crippen LogP contribution in [0.25, 0.3) is 0 Å². The number of rotatable bonds is 0. The SMILES string of the molecule is C/C(N)=C1\CCOC\C1=N/C(=O)N1CCN2CCC1CC2.CC. The van der Waals surface area contributed by atoms with E-state index in [4.69, 9.17) is 10.5 Å². The van der Waals surface area contributed by atoms with Crippen LogP contribution in [-0.4, -0.2) is 67.0 Å². The molecular formula is C17H30N4O2. The molecule has 4 aliphatic rings. The van der Waals surface area contributed by atoms with Crippen molar-refractivity contribution in [1.82, 2.24) is 9.80 Å². The standard InChI is InChI=1S/C15H24N4O2.C2H6/c1-11(16)13-4-9-21-10-14(13)17-15(20)19-8-7-18-5-2-12(19)3-6-18;1-2/h12H,2-10,16H2,1H3;1-2H3/b13-11-,17-14+;. The second kappa shape index (κ2) is 8.45. The Labute approximate surface area is 139 Å². The van der Waals surface area contributed by atoms with Gasteiger partial charge in [0.05, 0.1) is 18.9 Å². The van der Waals surface area contributed by atoms with Crippen molar-refractivity contribution in [2.45, 2.75) is 46.1 Å². The lowest BCUT2D eigenvalue weighted by atomic mass is 10.0. The molecule has 6 heteroatoms. The smallest absolute Gasteiger partial charge is 0.344 e. The normalized spacial score (nSPS) is 31.3. The van der Waals surface area contributed by atoms with Crippen molar-refractivity contribution in [2.75, 3.05) is 39.4 Å². The average Bonchev–Trinajstić information content (AvgIpc) is 2.91. The number of aliphatic imine (C=N–C) groups is 1. The molecule has 0 aromatic carbocycles. The van der Waals surface area contributed by atoms with Gasteiger partial charge in [0.25, 0.3) is 0 Å². The highest BCUT2D eigenvalue weighted by molar-refractivity contribution is 6.07. The van der Waals surface area contributed by atoms with Crippen molar-refractivity contribution in [3.05, 3.63) is 11.3 Å². The molecule has 4 saturated heterocycles. The van der Waals surface area contributed by atoms with Crippen LogP contribution < -0.4 is 5.73 Å². The highest BCUT2D eigenvalue weighted by atomic mass is 16.5. The number of amides is 2. The van der Waals surface area contributed by atoms with Crippen LogP contribution in [0.4, 0.5) is 4.79 Å². The summed E-state index contributed by atoms with van der Waals surface area (Å²) in [5.41, 5.74) is 8.35. The van der Waals surface area contributed by atoms with Crippen molar-refractivity contribution in [1.29, 1.82) is 0 Å². The van der Waals surface area contributed by atoms with Crippen molar-refractivity contribution in [3.8, 4) is 0 Å². The van der Waals surface area contributed by atoms with Crippen molar-refractivity contribution < 1.29 is 9.53 Å². The Kier molecular flexibility index (Phi) is 6.59. The Bertz CT molecular complexity index is 475. The number of piperidine rings is 1. The molecule has 0 aromatic rings. The first kappa shape index (κ1) is 17.9. The van der Waals surface area contributed by atoms with E-state index < -0.39 is 0 Å². The number of hydrogen-bond donors (Lipinski definition) is 1. The summed E-state index contributed by atoms with van der Waals surface area (Å²) in [5, 5.41) is 0. The molecule has 2 bridgehead atoms. The molecule has 0 radical (unpaired) electrons. The Balaban J connectivity index is 0.000000924. The molecule has 4 heterocycles. The van der Waals surface area contributed by atoms with Gasteiger partial charge in [-0.1, -0.05) is 13.8 Å². The zero-order valence-corrected chi connectivity index (χ0v) is 14.7. The fourth-order valence-electron chi connectivity index (χ4n) is 3.42. The summed E-state index contributed by atoms with van der Waals surface area (Å²) in [6, 6.07) is 0.222. The zero-order valence-electron chi connectivity index (χ0n) is 14.7. The molecule has 6 nitrogen and oxygen atoms in total. The summed E-state index contributed by atoms with van der Waals surface area (Å²) < 4.78 is 5.44. The van der Waals surface area contributed by atoms with E-state index in [1.165, 1.54) is 0 Å². The Morgan fingerprint density at radius 1 is 1.22 bits per heavy atom. The van der Waals surface area contributed by atoms with Gasteiger partial charge >= 0.3 is 6.03 Å². The first-order valence-corrected chi connectivity index (χ1v) is 8.79. The molecular weight excluding hydrogens is 292 g/mol. The number of carbonyl (C=O) groups is 1. The minimum absolute atomic E-state index is 0.122. The molecule has 0 unspecified atom stereocenters. The third-order valence-corrected chi connectivity index (χ3v) is 4.69. The molecule has 4 aliphatic heterocycles. The van der Waals surface area contributed by atoms with Gasteiger partial charge in [-0.25, -0.2) is 4.79 Å². The van der Waals surface area contributed by atoms with Gasteiger partial charge < -0.3 is 20.3 Å². The first-order chi connectivity index (χ1) is 11.1. The lowest BCUT2D eigenvalue weighted by Gasteiger charge is -2.30. The van der Waals surface area contributed by atoms with Crippen LogP contribution in [0.2, 0.25) is 0 Å². The number of hydrogen-bond acceptors (Lipinski definition) is 4. The number of urea groups is 1. The molecule has 4 rings (SSSR count). The van der Waals surface area contributed by atoms with Crippen LogP contribution in [0, 0.1) is 0 Å². The fraction of sp³-hybridized carbons (Fsp3) is 0.765. The maximum absolute atomic E-state index is 12.6. The highest BCUT2D eigenvalue weighted by Crippen LogP contribution is 2.22. The van der Waals surface area contributed by atoms with E-state index in [9.17, 15) is 4.79 Å². The number of allylic oxidation sites excluding steroid dienone is 1. The fourth-order valence-corrected chi connectivity index (χ4v) is 3.42. The quantitative estimate of drug-likeness (QED) is 0.740. The van der Waals surface area contributed by atoms with Crippen LogP contribution in [-0.2, 0) is 4.74 Å². The Morgan fingerprint density at radius 3 is 2.57 bits per heavy atom. The molecule has 0 spiro atoms. The lowest BCUT2D eigenvalue weighted by molar-refractivity contribution is 0.163. The zero-order chi connectivity index (χ0) is 16.8.